The van der Waals surface area contributed by atoms with Crippen LogP contribution in [0.15, 0.2) is 23.3 Å². The zero-order valence-corrected chi connectivity index (χ0v) is 18.7. The number of amides is 1. The minimum Gasteiger partial charge on any atom is -0.478 e. The van der Waals surface area contributed by atoms with Crippen LogP contribution in [-0.2, 0) is 9.59 Å². The number of carbonyl (C=O) groups excluding carboxylic acids is 1. The average molecular weight is 400 g/mol. The molecule has 2 saturated carbocycles. The number of rotatable bonds is 2. The van der Waals surface area contributed by atoms with E-state index in [1.54, 1.807) is 0 Å². The summed E-state index contributed by atoms with van der Waals surface area (Å²) < 4.78 is 0. The SMILES string of the molecule is CC(C)(C)C(=O)NC1C[C@@]2(C)C(=CCC3C4CCC[C@@]4(C)CCC32)C=C1C(=O)O. The maximum absolute atomic E-state index is 12.7. The molecule has 0 bridgehead atoms. The zero-order chi connectivity index (χ0) is 21.2. The van der Waals surface area contributed by atoms with Gasteiger partial charge >= 0.3 is 5.97 Å². The Morgan fingerprint density at radius 3 is 2.52 bits per heavy atom. The van der Waals surface area contributed by atoms with Gasteiger partial charge in [-0.3, -0.25) is 4.79 Å². The lowest BCUT2D eigenvalue weighted by atomic mass is 9.48. The highest BCUT2D eigenvalue weighted by atomic mass is 16.4. The lowest BCUT2D eigenvalue weighted by molar-refractivity contribution is -0.134. The Labute approximate surface area is 175 Å². The summed E-state index contributed by atoms with van der Waals surface area (Å²) in [5, 5.41) is 12.9. The highest BCUT2D eigenvalue weighted by Gasteiger charge is 2.56. The summed E-state index contributed by atoms with van der Waals surface area (Å²) >= 11 is 0. The minimum absolute atomic E-state index is 0.0540. The van der Waals surface area contributed by atoms with E-state index in [9.17, 15) is 14.7 Å². The highest BCUT2D eigenvalue weighted by Crippen LogP contribution is 2.64. The van der Waals surface area contributed by atoms with E-state index in [2.05, 4.69) is 25.2 Å². The van der Waals surface area contributed by atoms with Crippen LogP contribution in [0.2, 0.25) is 0 Å². The van der Waals surface area contributed by atoms with Gasteiger partial charge in [-0.2, -0.15) is 0 Å². The van der Waals surface area contributed by atoms with Crippen LogP contribution in [0.4, 0.5) is 0 Å². The fraction of sp³-hybridized carbons (Fsp3) is 0.760. The van der Waals surface area contributed by atoms with Crippen molar-refractivity contribution in [1.29, 1.82) is 0 Å². The van der Waals surface area contributed by atoms with E-state index in [0.717, 1.165) is 12.3 Å². The number of carboxylic acids is 1. The van der Waals surface area contributed by atoms with Crippen molar-refractivity contribution in [1.82, 2.24) is 5.32 Å². The van der Waals surface area contributed by atoms with Crippen molar-refractivity contribution in [2.45, 2.75) is 85.6 Å². The molecule has 0 aromatic carbocycles. The summed E-state index contributed by atoms with van der Waals surface area (Å²) in [6.07, 6.45) is 12.6. The van der Waals surface area contributed by atoms with Gasteiger partial charge in [-0.15, -0.1) is 0 Å². The smallest absolute Gasteiger partial charge is 0.333 e. The number of hydrogen-bond acceptors (Lipinski definition) is 2. The minimum atomic E-state index is -0.915. The molecule has 0 aromatic rings. The van der Waals surface area contributed by atoms with Gasteiger partial charge in [-0.25, -0.2) is 4.79 Å². The van der Waals surface area contributed by atoms with Crippen LogP contribution in [0.3, 0.4) is 0 Å². The van der Waals surface area contributed by atoms with E-state index in [-0.39, 0.29) is 11.3 Å². The molecule has 0 aromatic heterocycles. The van der Waals surface area contributed by atoms with E-state index < -0.39 is 17.4 Å². The molecular formula is C25H37NO3. The van der Waals surface area contributed by atoms with Crippen molar-refractivity contribution >= 4 is 11.9 Å². The third-order valence-electron chi connectivity index (χ3n) is 8.85. The number of aliphatic carboxylic acids is 1. The summed E-state index contributed by atoms with van der Waals surface area (Å²) in [4.78, 5) is 24.7. The second-order valence-corrected chi connectivity index (χ2v) is 11.7. The van der Waals surface area contributed by atoms with Crippen LogP contribution < -0.4 is 5.32 Å². The van der Waals surface area contributed by atoms with Gasteiger partial charge in [-0.05, 0) is 78.8 Å². The maximum Gasteiger partial charge on any atom is 0.333 e. The van der Waals surface area contributed by atoms with Crippen LogP contribution in [0.25, 0.3) is 0 Å². The number of hydrogen-bond donors (Lipinski definition) is 2. The monoisotopic (exact) mass is 399 g/mol. The average Bonchev–Trinajstić information content (AvgIpc) is 3.01. The van der Waals surface area contributed by atoms with E-state index in [1.807, 2.05) is 26.8 Å². The first-order valence-electron chi connectivity index (χ1n) is 11.4. The first kappa shape index (κ1) is 20.7. The number of carboxylic acid groups (broad SMARTS) is 1. The Morgan fingerprint density at radius 1 is 1.14 bits per heavy atom. The summed E-state index contributed by atoms with van der Waals surface area (Å²) in [6, 6.07) is -0.419. The van der Waals surface area contributed by atoms with Gasteiger partial charge < -0.3 is 10.4 Å². The Morgan fingerprint density at radius 2 is 1.86 bits per heavy atom. The Balaban J connectivity index is 1.68. The molecular weight excluding hydrogens is 362 g/mol. The fourth-order valence-electron chi connectivity index (χ4n) is 7.12. The topological polar surface area (TPSA) is 66.4 Å². The van der Waals surface area contributed by atoms with Crippen molar-refractivity contribution in [3.63, 3.8) is 0 Å². The normalized spacial score (nSPS) is 41.4. The molecule has 0 spiro atoms. The molecule has 6 atom stereocenters. The molecule has 0 saturated heterocycles. The fourth-order valence-corrected chi connectivity index (χ4v) is 7.12. The molecule has 0 radical (unpaired) electrons. The molecule has 4 aliphatic carbocycles. The van der Waals surface area contributed by atoms with Crippen LogP contribution in [0.5, 0.6) is 0 Å². The van der Waals surface area contributed by atoms with Gasteiger partial charge in [0.25, 0.3) is 0 Å². The van der Waals surface area contributed by atoms with E-state index in [1.165, 1.54) is 37.7 Å². The van der Waals surface area contributed by atoms with Gasteiger partial charge in [-0.1, -0.05) is 47.1 Å². The Hall–Kier alpha value is -1.58. The summed E-state index contributed by atoms with van der Waals surface area (Å²) in [6.45, 7) is 10.5. The van der Waals surface area contributed by atoms with E-state index >= 15 is 0 Å². The van der Waals surface area contributed by atoms with Gasteiger partial charge in [0, 0.05) is 5.41 Å². The van der Waals surface area contributed by atoms with E-state index in [4.69, 9.17) is 0 Å². The largest absolute Gasteiger partial charge is 0.478 e. The Bertz CT molecular complexity index is 788. The first-order valence-corrected chi connectivity index (χ1v) is 11.4. The second-order valence-electron chi connectivity index (χ2n) is 11.7. The molecule has 4 rings (SSSR count). The van der Waals surface area contributed by atoms with Gasteiger partial charge in [0.2, 0.25) is 5.91 Å². The molecule has 4 aliphatic rings. The van der Waals surface area contributed by atoms with Crippen LogP contribution in [-0.4, -0.2) is 23.0 Å². The first-order chi connectivity index (χ1) is 13.5. The lowest BCUT2D eigenvalue weighted by Crippen LogP contribution is -2.53. The standard InChI is InChI=1S/C25H37NO3/c1-23(2,3)22(29)26-20-14-25(5)15(13-17(20)21(27)28)8-9-16-18-7-6-11-24(18,4)12-10-19(16)25/h8,13,16,18-20H,6-7,9-12,14H2,1-5H3,(H,26,29)(H,27,28)/t16?,18?,19?,20?,24-,25-/m0/s1. The van der Waals surface area contributed by atoms with Crippen molar-refractivity contribution in [2.75, 3.05) is 0 Å². The number of carbonyl (C=O) groups is 2. The number of fused-ring (bicyclic) bond motifs is 5. The molecule has 2 N–H and O–H groups in total. The Kier molecular flexibility index (Phi) is 4.79. The molecule has 4 unspecified atom stereocenters. The molecule has 0 heterocycles. The third kappa shape index (κ3) is 3.27. The molecule has 29 heavy (non-hydrogen) atoms. The van der Waals surface area contributed by atoms with Crippen LogP contribution in [0, 0.1) is 34.0 Å². The highest BCUT2D eigenvalue weighted by molar-refractivity contribution is 5.91. The quantitative estimate of drug-likeness (QED) is 0.679. The second kappa shape index (κ2) is 6.72. The van der Waals surface area contributed by atoms with E-state index in [0.29, 0.717) is 29.2 Å². The summed E-state index contributed by atoms with van der Waals surface area (Å²) in [5.41, 5.74) is 1.44. The predicted molar refractivity (Wildman–Crippen MR) is 114 cm³/mol. The van der Waals surface area contributed by atoms with Crippen molar-refractivity contribution in [3.8, 4) is 0 Å². The molecule has 0 aliphatic heterocycles. The van der Waals surface area contributed by atoms with Gasteiger partial charge in [0.15, 0.2) is 0 Å². The molecule has 2 fully saturated rings. The van der Waals surface area contributed by atoms with Crippen LogP contribution in [0.1, 0.15) is 79.6 Å². The molecule has 1 amide bonds. The van der Waals surface area contributed by atoms with Crippen molar-refractivity contribution in [2.24, 2.45) is 34.0 Å². The number of nitrogens with one attached hydrogen (secondary N) is 1. The van der Waals surface area contributed by atoms with Crippen LogP contribution >= 0.6 is 0 Å². The maximum atomic E-state index is 12.7. The van der Waals surface area contributed by atoms with Gasteiger partial charge in [0.05, 0.1) is 11.6 Å². The summed E-state index contributed by atoms with van der Waals surface area (Å²) in [7, 11) is 0. The van der Waals surface area contributed by atoms with Crippen molar-refractivity contribution in [3.05, 3.63) is 23.3 Å². The molecule has 160 valence electrons. The third-order valence-corrected chi connectivity index (χ3v) is 8.85. The van der Waals surface area contributed by atoms with Gasteiger partial charge in [0.1, 0.15) is 0 Å². The molecule has 4 nitrogen and oxygen atoms in total. The molecule has 4 heteroatoms. The predicted octanol–water partition coefficient (Wildman–Crippen LogP) is 5.10. The summed E-state index contributed by atoms with van der Waals surface area (Å²) in [5.74, 6) is 1.08. The zero-order valence-electron chi connectivity index (χ0n) is 18.7. The lowest BCUT2D eigenvalue weighted by Gasteiger charge is -2.57. The number of allylic oxidation sites excluding steroid dienone is 3. The van der Waals surface area contributed by atoms with Crippen molar-refractivity contribution < 1.29 is 14.7 Å².